The molecular weight excluding hydrogens is 245 g/mol. The first-order valence-corrected chi connectivity index (χ1v) is 6.71. The molecule has 0 bridgehead atoms. The maximum atomic E-state index is 12.8. The summed E-state index contributed by atoms with van der Waals surface area (Å²) in [6, 6.07) is 6.44. The van der Waals surface area contributed by atoms with Crippen LogP contribution in [-0.4, -0.2) is 42.9 Å². The second kappa shape index (κ2) is 8.25. The predicted molar refractivity (Wildman–Crippen MR) is 74.6 cm³/mol. The van der Waals surface area contributed by atoms with Gasteiger partial charge in [0.25, 0.3) is 0 Å². The molecule has 108 valence electrons. The van der Waals surface area contributed by atoms with E-state index < -0.39 is 6.10 Å². The molecule has 1 unspecified atom stereocenters. The van der Waals surface area contributed by atoms with Crippen molar-refractivity contribution in [1.29, 1.82) is 0 Å². The number of aliphatic hydroxyl groups excluding tert-OH is 1. The maximum Gasteiger partial charge on any atom is 0.123 e. The van der Waals surface area contributed by atoms with Crippen LogP contribution in [0, 0.1) is 5.82 Å². The molecule has 0 aliphatic carbocycles. The summed E-state index contributed by atoms with van der Waals surface area (Å²) in [5, 5.41) is 10.1. The Hall–Kier alpha value is -0.970. The summed E-state index contributed by atoms with van der Waals surface area (Å²) in [5.74, 6) is -0.278. The Kier molecular flexibility index (Phi) is 6.99. The van der Waals surface area contributed by atoms with Crippen LogP contribution in [0.1, 0.15) is 31.9 Å². The third kappa shape index (κ3) is 5.68. The van der Waals surface area contributed by atoms with Crippen molar-refractivity contribution in [3.63, 3.8) is 0 Å². The number of ether oxygens (including phenoxy) is 1. The van der Waals surface area contributed by atoms with E-state index in [1.54, 1.807) is 19.2 Å². The third-order valence-electron chi connectivity index (χ3n) is 3.26. The lowest BCUT2D eigenvalue weighted by Crippen LogP contribution is -2.35. The van der Waals surface area contributed by atoms with Gasteiger partial charge in [-0.25, -0.2) is 4.39 Å². The number of methoxy groups -OCH3 is 1. The molecule has 3 nitrogen and oxygen atoms in total. The molecule has 0 aromatic heterocycles. The van der Waals surface area contributed by atoms with E-state index in [4.69, 9.17) is 4.74 Å². The van der Waals surface area contributed by atoms with Crippen LogP contribution in [0.15, 0.2) is 24.3 Å². The van der Waals surface area contributed by atoms with Crippen LogP contribution >= 0.6 is 0 Å². The maximum absolute atomic E-state index is 12.8. The van der Waals surface area contributed by atoms with Gasteiger partial charge in [-0.15, -0.1) is 0 Å². The van der Waals surface area contributed by atoms with Crippen molar-refractivity contribution in [2.24, 2.45) is 0 Å². The van der Waals surface area contributed by atoms with Crippen molar-refractivity contribution >= 4 is 0 Å². The zero-order valence-corrected chi connectivity index (χ0v) is 12.0. The lowest BCUT2D eigenvalue weighted by molar-refractivity contribution is 0.102. The van der Waals surface area contributed by atoms with Crippen molar-refractivity contribution in [3.8, 4) is 0 Å². The van der Waals surface area contributed by atoms with Crippen LogP contribution in [0.4, 0.5) is 4.39 Å². The highest BCUT2D eigenvalue weighted by Crippen LogP contribution is 2.17. The first-order valence-electron chi connectivity index (χ1n) is 6.71. The van der Waals surface area contributed by atoms with Crippen molar-refractivity contribution in [2.75, 3.05) is 26.8 Å². The summed E-state index contributed by atoms with van der Waals surface area (Å²) >= 11 is 0. The summed E-state index contributed by atoms with van der Waals surface area (Å²) in [6.45, 7) is 6.58. The van der Waals surface area contributed by atoms with E-state index in [1.165, 1.54) is 12.1 Å². The largest absolute Gasteiger partial charge is 0.388 e. The van der Waals surface area contributed by atoms with E-state index in [9.17, 15) is 9.50 Å². The van der Waals surface area contributed by atoms with Crippen molar-refractivity contribution < 1.29 is 14.2 Å². The van der Waals surface area contributed by atoms with Gasteiger partial charge in [-0.2, -0.15) is 0 Å². The van der Waals surface area contributed by atoms with E-state index in [2.05, 4.69) is 18.7 Å². The van der Waals surface area contributed by atoms with Gasteiger partial charge >= 0.3 is 0 Å². The molecule has 1 aromatic rings. The lowest BCUT2D eigenvalue weighted by atomic mass is 10.1. The summed E-state index contributed by atoms with van der Waals surface area (Å²) in [5.41, 5.74) is 0.761. The highest BCUT2D eigenvalue weighted by molar-refractivity contribution is 5.18. The molecule has 0 radical (unpaired) electrons. The van der Waals surface area contributed by atoms with E-state index in [0.29, 0.717) is 19.1 Å². The van der Waals surface area contributed by atoms with Crippen LogP contribution in [0.25, 0.3) is 0 Å². The van der Waals surface area contributed by atoms with E-state index in [1.807, 2.05) is 0 Å². The standard InChI is InChI=1S/C15H24FNO2/c1-12(2)17(10-11-19-3)9-8-15(18)13-4-6-14(16)7-5-13/h4-7,12,15,18H,8-11H2,1-3H3. The van der Waals surface area contributed by atoms with Crippen LogP contribution in [-0.2, 0) is 4.74 Å². The average Bonchev–Trinajstić information content (AvgIpc) is 2.39. The fourth-order valence-corrected chi connectivity index (χ4v) is 1.98. The molecule has 0 heterocycles. The molecule has 0 aliphatic heterocycles. The molecule has 1 aromatic carbocycles. The minimum absolute atomic E-state index is 0.278. The van der Waals surface area contributed by atoms with Crippen molar-refractivity contribution in [2.45, 2.75) is 32.4 Å². The fourth-order valence-electron chi connectivity index (χ4n) is 1.98. The van der Waals surface area contributed by atoms with E-state index in [0.717, 1.165) is 18.7 Å². The first kappa shape index (κ1) is 16.1. The SMILES string of the molecule is COCCN(CCC(O)c1ccc(F)cc1)C(C)C. The van der Waals surface area contributed by atoms with Gasteiger partial charge < -0.3 is 9.84 Å². The van der Waals surface area contributed by atoms with Crippen molar-refractivity contribution in [3.05, 3.63) is 35.6 Å². The molecule has 0 fully saturated rings. The quantitative estimate of drug-likeness (QED) is 0.787. The van der Waals surface area contributed by atoms with Gasteiger partial charge in [0.15, 0.2) is 0 Å². The number of hydrogen-bond acceptors (Lipinski definition) is 3. The average molecular weight is 269 g/mol. The number of halogens is 1. The van der Waals surface area contributed by atoms with Gasteiger partial charge in [0.1, 0.15) is 5.82 Å². The van der Waals surface area contributed by atoms with Crippen LogP contribution < -0.4 is 0 Å². The minimum atomic E-state index is -0.551. The Morgan fingerprint density at radius 3 is 2.37 bits per heavy atom. The van der Waals surface area contributed by atoms with E-state index >= 15 is 0 Å². The Morgan fingerprint density at radius 1 is 1.21 bits per heavy atom. The molecule has 0 saturated heterocycles. The second-order valence-corrected chi connectivity index (χ2v) is 4.98. The highest BCUT2D eigenvalue weighted by atomic mass is 19.1. The number of nitrogens with zero attached hydrogens (tertiary/aromatic N) is 1. The third-order valence-corrected chi connectivity index (χ3v) is 3.26. The van der Waals surface area contributed by atoms with Crippen molar-refractivity contribution in [1.82, 2.24) is 4.90 Å². The monoisotopic (exact) mass is 269 g/mol. The lowest BCUT2D eigenvalue weighted by Gasteiger charge is -2.27. The summed E-state index contributed by atoms with van der Waals surface area (Å²) in [6.07, 6.45) is 0.0810. The van der Waals surface area contributed by atoms with Gasteiger partial charge in [0, 0.05) is 26.2 Å². The normalized spacial score (nSPS) is 13.2. The zero-order valence-electron chi connectivity index (χ0n) is 12.0. The van der Waals surface area contributed by atoms with Gasteiger partial charge in [0.2, 0.25) is 0 Å². The molecule has 1 atom stereocenters. The van der Waals surface area contributed by atoms with Gasteiger partial charge in [-0.3, -0.25) is 4.90 Å². The Bertz CT molecular complexity index is 354. The highest BCUT2D eigenvalue weighted by Gasteiger charge is 2.13. The van der Waals surface area contributed by atoms with E-state index in [-0.39, 0.29) is 5.82 Å². The van der Waals surface area contributed by atoms with Crippen LogP contribution in [0.3, 0.4) is 0 Å². The number of rotatable bonds is 8. The number of benzene rings is 1. The molecule has 0 spiro atoms. The summed E-state index contributed by atoms with van der Waals surface area (Å²) < 4.78 is 17.9. The number of aliphatic hydroxyl groups is 1. The number of hydrogen-bond donors (Lipinski definition) is 1. The molecule has 1 rings (SSSR count). The van der Waals surface area contributed by atoms with Crippen LogP contribution in [0.5, 0.6) is 0 Å². The molecule has 0 aliphatic rings. The molecular formula is C15H24FNO2. The van der Waals surface area contributed by atoms with Gasteiger partial charge in [0.05, 0.1) is 12.7 Å². The molecule has 19 heavy (non-hydrogen) atoms. The zero-order chi connectivity index (χ0) is 14.3. The smallest absolute Gasteiger partial charge is 0.123 e. The topological polar surface area (TPSA) is 32.7 Å². The Morgan fingerprint density at radius 2 is 1.84 bits per heavy atom. The fraction of sp³-hybridized carbons (Fsp3) is 0.600. The molecule has 4 heteroatoms. The Labute approximate surface area is 115 Å². The van der Waals surface area contributed by atoms with Gasteiger partial charge in [-0.1, -0.05) is 12.1 Å². The first-order chi connectivity index (χ1) is 9.04. The Balaban J connectivity index is 2.46. The summed E-state index contributed by atoms with van der Waals surface area (Å²) in [4.78, 5) is 2.26. The molecule has 0 saturated carbocycles. The summed E-state index contributed by atoms with van der Waals surface area (Å²) in [7, 11) is 1.69. The predicted octanol–water partition coefficient (Wildman–Crippen LogP) is 2.61. The minimum Gasteiger partial charge on any atom is -0.388 e. The second-order valence-electron chi connectivity index (χ2n) is 4.98. The van der Waals surface area contributed by atoms with Crippen LogP contribution in [0.2, 0.25) is 0 Å². The van der Waals surface area contributed by atoms with Gasteiger partial charge in [-0.05, 0) is 38.0 Å². The molecule has 0 amide bonds. The molecule has 1 N–H and O–H groups in total.